The van der Waals surface area contributed by atoms with E-state index >= 15 is 0 Å². The average Bonchev–Trinajstić information content (AvgIpc) is 2.88. The van der Waals surface area contributed by atoms with Crippen molar-refractivity contribution in [3.63, 3.8) is 0 Å². The number of aromatic amines is 1. The maximum absolute atomic E-state index is 12.8. The number of hydrogen-bond acceptors (Lipinski definition) is 3. The van der Waals surface area contributed by atoms with Crippen LogP contribution >= 0.6 is 0 Å². The average molecular weight is 470 g/mol. The molecule has 0 atom stereocenters. The van der Waals surface area contributed by atoms with Crippen LogP contribution in [0.4, 0.5) is 0 Å². The van der Waals surface area contributed by atoms with Gasteiger partial charge in [0.15, 0.2) is 5.43 Å². The van der Waals surface area contributed by atoms with Gasteiger partial charge in [0.25, 0.3) is 5.91 Å². The molecule has 0 radical (unpaired) electrons. The second-order valence-corrected chi connectivity index (χ2v) is 9.33. The number of fused-ring (bicyclic) bond motifs is 2. The highest BCUT2D eigenvalue weighted by Crippen LogP contribution is 2.18. The number of amides is 1. The van der Waals surface area contributed by atoms with Crippen molar-refractivity contribution in [3.05, 3.63) is 94.1 Å². The van der Waals surface area contributed by atoms with Gasteiger partial charge in [-0.1, -0.05) is 74.2 Å². The number of H-pyrrole nitrogens is 1. The van der Waals surface area contributed by atoms with Gasteiger partial charge >= 0.3 is 0 Å². The lowest BCUT2D eigenvalue weighted by atomic mass is 10.1. The molecule has 182 valence electrons. The molecule has 0 spiro atoms. The summed E-state index contributed by atoms with van der Waals surface area (Å²) < 4.78 is 0. The van der Waals surface area contributed by atoms with E-state index in [1.54, 1.807) is 18.2 Å². The quantitative estimate of drug-likeness (QED) is 0.201. The van der Waals surface area contributed by atoms with Crippen LogP contribution in [0.3, 0.4) is 0 Å². The number of para-hydroxylation sites is 2. The number of rotatable bonds is 12. The molecular weight excluding hydrogens is 434 g/mol. The molecule has 5 nitrogen and oxygen atoms in total. The zero-order valence-corrected chi connectivity index (χ0v) is 20.6. The van der Waals surface area contributed by atoms with Gasteiger partial charge in [-0.3, -0.25) is 9.59 Å². The predicted molar refractivity (Wildman–Crippen MR) is 145 cm³/mol. The van der Waals surface area contributed by atoms with Crippen molar-refractivity contribution in [3.8, 4) is 0 Å². The van der Waals surface area contributed by atoms with Crippen LogP contribution in [-0.2, 0) is 6.54 Å². The lowest BCUT2D eigenvalue weighted by Gasteiger charge is -2.16. The Morgan fingerprint density at radius 1 is 0.800 bits per heavy atom. The Bertz CT molecular complexity index is 1310. The monoisotopic (exact) mass is 469 g/mol. The van der Waals surface area contributed by atoms with Gasteiger partial charge in [-0.2, -0.15) is 0 Å². The van der Waals surface area contributed by atoms with Gasteiger partial charge in [0.05, 0.1) is 11.1 Å². The predicted octanol–water partition coefficient (Wildman–Crippen LogP) is 5.88. The fourth-order valence-corrected chi connectivity index (χ4v) is 4.62. The molecule has 4 rings (SSSR count). The molecule has 0 aliphatic rings. The highest BCUT2D eigenvalue weighted by Gasteiger charge is 2.13. The SMILES string of the molecule is CN(CCCCCCCCNC(=O)c1cccc2c(=O)c3ccccc3[nH]c12)Cc1ccccc1. The number of hydrogen-bond donors (Lipinski definition) is 2. The van der Waals surface area contributed by atoms with Crippen LogP contribution in [0.5, 0.6) is 0 Å². The second-order valence-electron chi connectivity index (χ2n) is 9.33. The van der Waals surface area contributed by atoms with Crippen LogP contribution in [0.2, 0.25) is 0 Å². The van der Waals surface area contributed by atoms with Crippen LogP contribution in [0.1, 0.15) is 54.4 Å². The molecule has 0 bridgehead atoms. The Hall–Kier alpha value is -3.44. The third kappa shape index (κ3) is 6.58. The van der Waals surface area contributed by atoms with Gasteiger partial charge in [0, 0.05) is 29.4 Å². The molecule has 0 saturated carbocycles. The minimum atomic E-state index is -0.136. The summed E-state index contributed by atoms with van der Waals surface area (Å²) in [5.74, 6) is -0.136. The molecule has 0 unspecified atom stereocenters. The second kappa shape index (κ2) is 12.3. The number of aromatic nitrogens is 1. The van der Waals surface area contributed by atoms with E-state index in [0.29, 0.717) is 28.4 Å². The van der Waals surface area contributed by atoms with Crippen molar-refractivity contribution in [2.45, 2.75) is 45.1 Å². The van der Waals surface area contributed by atoms with Crippen molar-refractivity contribution in [2.75, 3.05) is 20.1 Å². The number of carbonyl (C=O) groups is 1. The first-order valence-corrected chi connectivity index (χ1v) is 12.7. The molecule has 5 heteroatoms. The smallest absolute Gasteiger partial charge is 0.253 e. The van der Waals surface area contributed by atoms with E-state index in [0.717, 1.165) is 31.4 Å². The fourth-order valence-electron chi connectivity index (χ4n) is 4.62. The summed E-state index contributed by atoms with van der Waals surface area (Å²) in [4.78, 5) is 31.3. The summed E-state index contributed by atoms with van der Waals surface area (Å²) in [7, 11) is 2.18. The van der Waals surface area contributed by atoms with Crippen LogP contribution in [0, 0.1) is 0 Å². The van der Waals surface area contributed by atoms with E-state index in [9.17, 15) is 9.59 Å². The number of carbonyl (C=O) groups excluding carboxylic acids is 1. The van der Waals surface area contributed by atoms with E-state index in [4.69, 9.17) is 0 Å². The van der Waals surface area contributed by atoms with Crippen molar-refractivity contribution in [1.29, 1.82) is 0 Å². The first-order valence-electron chi connectivity index (χ1n) is 12.7. The van der Waals surface area contributed by atoms with Crippen molar-refractivity contribution in [1.82, 2.24) is 15.2 Å². The normalized spacial score (nSPS) is 11.4. The van der Waals surface area contributed by atoms with Gasteiger partial charge in [-0.25, -0.2) is 0 Å². The Morgan fingerprint density at radius 2 is 1.49 bits per heavy atom. The lowest BCUT2D eigenvalue weighted by Crippen LogP contribution is -2.25. The molecule has 4 aromatic rings. The molecule has 0 saturated heterocycles. The first kappa shape index (κ1) is 24.7. The largest absolute Gasteiger partial charge is 0.354 e. The van der Waals surface area contributed by atoms with E-state index < -0.39 is 0 Å². The maximum atomic E-state index is 12.8. The topological polar surface area (TPSA) is 65.2 Å². The number of nitrogens with zero attached hydrogens (tertiary/aromatic N) is 1. The summed E-state index contributed by atoms with van der Waals surface area (Å²) in [6.07, 6.45) is 6.94. The molecule has 0 aliphatic heterocycles. The van der Waals surface area contributed by atoms with Crippen molar-refractivity contribution in [2.24, 2.45) is 0 Å². The van der Waals surface area contributed by atoms with Gasteiger partial charge in [-0.15, -0.1) is 0 Å². The summed E-state index contributed by atoms with van der Waals surface area (Å²) in [6.45, 7) is 2.77. The lowest BCUT2D eigenvalue weighted by molar-refractivity contribution is 0.0954. The standard InChI is InChI=1S/C30H35N3O2/c1-33(22-23-14-7-6-8-15-23)21-12-5-3-2-4-11-20-31-30(35)26-18-13-17-25-28(26)32-27-19-10-9-16-24(27)29(25)34/h6-10,13-19H,2-5,11-12,20-22H2,1H3,(H,31,35)(H,32,34). The third-order valence-corrected chi connectivity index (χ3v) is 6.53. The van der Waals surface area contributed by atoms with E-state index in [1.807, 2.05) is 24.3 Å². The van der Waals surface area contributed by atoms with Crippen molar-refractivity contribution < 1.29 is 4.79 Å². The van der Waals surface area contributed by atoms with E-state index in [-0.39, 0.29) is 11.3 Å². The Labute approximate surface area is 207 Å². The van der Waals surface area contributed by atoms with Crippen LogP contribution in [0.25, 0.3) is 21.8 Å². The zero-order chi connectivity index (χ0) is 24.5. The molecule has 1 aromatic heterocycles. The van der Waals surface area contributed by atoms with E-state index in [2.05, 4.69) is 52.6 Å². The maximum Gasteiger partial charge on any atom is 0.253 e. The molecule has 3 aromatic carbocycles. The Kier molecular flexibility index (Phi) is 8.68. The highest BCUT2D eigenvalue weighted by atomic mass is 16.1. The number of nitrogens with one attached hydrogen (secondary N) is 2. The molecule has 0 aliphatic carbocycles. The number of unbranched alkanes of at least 4 members (excludes halogenated alkanes) is 5. The number of pyridine rings is 1. The van der Waals surface area contributed by atoms with Gasteiger partial charge in [0.1, 0.15) is 0 Å². The van der Waals surface area contributed by atoms with Gasteiger partial charge in [-0.05, 0) is 56.3 Å². The zero-order valence-electron chi connectivity index (χ0n) is 20.6. The highest BCUT2D eigenvalue weighted by molar-refractivity contribution is 6.07. The van der Waals surface area contributed by atoms with Gasteiger partial charge < -0.3 is 15.2 Å². The molecule has 1 heterocycles. The van der Waals surface area contributed by atoms with Gasteiger partial charge in [0.2, 0.25) is 0 Å². The first-order chi connectivity index (χ1) is 17.1. The third-order valence-electron chi connectivity index (χ3n) is 6.53. The van der Waals surface area contributed by atoms with E-state index in [1.165, 1.54) is 31.2 Å². The summed E-state index contributed by atoms with van der Waals surface area (Å²) >= 11 is 0. The van der Waals surface area contributed by atoms with Crippen LogP contribution in [-0.4, -0.2) is 35.9 Å². The Morgan fingerprint density at radius 3 is 2.31 bits per heavy atom. The fraction of sp³-hybridized carbons (Fsp3) is 0.333. The summed E-state index contributed by atoms with van der Waals surface area (Å²) in [5.41, 5.74) is 3.18. The molecular formula is C30H35N3O2. The molecule has 1 amide bonds. The Balaban J connectivity index is 1.16. The van der Waals surface area contributed by atoms with Crippen LogP contribution in [0.15, 0.2) is 77.6 Å². The minimum absolute atomic E-state index is 0.0461. The summed E-state index contributed by atoms with van der Waals surface area (Å²) in [5, 5.41) is 4.22. The minimum Gasteiger partial charge on any atom is -0.354 e. The van der Waals surface area contributed by atoms with Crippen LogP contribution < -0.4 is 10.7 Å². The molecule has 2 N–H and O–H groups in total. The summed E-state index contributed by atoms with van der Waals surface area (Å²) in [6, 6.07) is 23.3. The van der Waals surface area contributed by atoms with Crippen molar-refractivity contribution >= 4 is 27.7 Å². The number of benzene rings is 3. The molecule has 35 heavy (non-hydrogen) atoms. The molecule has 0 fully saturated rings.